The number of hydrogen-bond donors (Lipinski definition) is 3. The van der Waals surface area contributed by atoms with Crippen molar-refractivity contribution in [3.8, 4) is 0 Å². The van der Waals surface area contributed by atoms with E-state index in [2.05, 4.69) is 26.1 Å². The van der Waals surface area contributed by atoms with E-state index in [1.54, 1.807) is 0 Å². The van der Waals surface area contributed by atoms with Gasteiger partial charge >= 0.3 is 5.97 Å². The SMILES string of the molecule is CC(C)CCCCCC(=O)O.CCCCNCCO. The lowest BCUT2D eigenvalue weighted by Crippen LogP contribution is -2.18. The van der Waals surface area contributed by atoms with E-state index in [1.807, 2.05) is 0 Å². The van der Waals surface area contributed by atoms with E-state index in [-0.39, 0.29) is 6.61 Å². The fourth-order valence-electron chi connectivity index (χ4n) is 1.51. The largest absolute Gasteiger partial charge is 0.481 e. The van der Waals surface area contributed by atoms with Crippen LogP contribution >= 0.6 is 0 Å². The quantitative estimate of drug-likeness (QED) is 0.507. The molecule has 0 saturated heterocycles. The van der Waals surface area contributed by atoms with E-state index < -0.39 is 5.97 Å². The van der Waals surface area contributed by atoms with E-state index in [4.69, 9.17) is 10.2 Å². The van der Waals surface area contributed by atoms with Gasteiger partial charge in [0.05, 0.1) is 6.61 Å². The van der Waals surface area contributed by atoms with Crippen LogP contribution < -0.4 is 5.32 Å². The van der Waals surface area contributed by atoms with Gasteiger partial charge < -0.3 is 15.5 Å². The van der Waals surface area contributed by atoms with Crippen LogP contribution in [0.4, 0.5) is 0 Å². The summed E-state index contributed by atoms with van der Waals surface area (Å²) in [6.45, 7) is 8.57. The lowest BCUT2D eigenvalue weighted by molar-refractivity contribution is -0.137. The van der Waals surface area contributed by atoms with Crippen molar-refractivity contribution in [2.45, 2.75) is 65.7 Å². The summed E-state index contributed by atoms with van der Waals surface area (Å²) < 4.78 is 0. The van der Waals surface area contributed by atoms with Gasteiger partial charge in [0.2, 0.25) is 0 Å². The Morgan fingerprint density at radius 3 is 2.26 bits per heavy atom. The van der Waals surface area contributed by atoms with Gasteiger partial charge in [-0.05, 0) is 25.3 Å². The molecule has 0 aliphatic rings. The maximum Gasteiger partial charge on any atom is 0.303 e. The molecular formula is C15H33NO3. The molecule has 0 aromatic heterocycles. The maximum atomic E-state index is 10.1. The van der Waals surface area contributed by atoms with E-state index in [0.29, 0.717) is 6.42 Å². The zero-order chi connectivity index (χ0) is 14.9. The fraction of sp³-hybridized carbons (Fsp3) is 0.933. The first-order valence-corrected chi connectivity index (χ1v) is 7.57. The molecule has 0 unspecified atom stereocenters. The van der Waals surface area contributed by atoms with Crippen LogP contribution in [0.15, 0.2) is 0 Å². The molecule has 0 aliphatic heterocycles. The molecule has 0 atom stereocenters. The van der Waals surface area contributed by atoms with Gasteiger partial charge in [0.25, 0.3) is 0 Å². The van der Waals surface area contributed by atoms with Crippen LogP contribution in [0.3, 0.4) is 0 Å². The van der Waals surface area contributed by atoms with E-state index in [0.717, 1.165) is 31.8 Å². The van der Waals surface area contributed by atoms with Crippen LogP contribution in [-0.4, -0.2) is 35.9 Å². The number of carbonyl (C=O) groups is 1. The van der Waals surface area contributed by atoms with E-state index in [9.17, 15) is 4.79 Å². The van der Waals surface area contributed by atoms with Crippen molar-refractivity contribution in [2.75, 3.05) is 19.7 Å². The number of carboxylic acid groups (broad SMARTS) is 1. The number of aliphatic hydroxyl groups is 1. The van der Waals surface area contributed by atoms with Crippen molar-refractivity contribution in [3.63, 3.8) is 0 Å². The maximum absolute atomic E-state index is 10.1. The first-order valence-electron chi connectivity index (χ1n) is 7.57. The molecule has 0 aromatic carbocycles. The number of carboxylic acids is 1. The summed E-state index contributed by atoms with van der Waals surface area (Å²) in [6, 6.07) is 0. The smallest absolute Gasteiger partial charge is 0.303 e. The molecule has 0 spiro atoms. The lowest BCUT2D eigenvalue weighted by atomic mass is 10.0. The summed E-state index contributed by atoms with van der Waals surface area (Å²) in [7, 11) is 0. The van der Waals surface area contributed by atoms with Gasteiger partial charge in [0, 0.05) is 13.0 Å². The minimum atomic E-state index is -0.672. The van der Waals surface area contributed by atoms with Gasteiger partial charge in [-0.1, -0.05) is 46.5 Å². The minimum absolute atomic E-state index is 0.254. The Labute approximate surface area is 118 Å². The second-order valence-electron chi connectivity index (χ2n) is 5.21. The molecule has 116 valence electrons. The Morgan fingerprint density at radius 1 is 1.11 bits per heavy atom. The Kier molecular flexibility index (Phi) is 18.9. The van der Waals surface area contributed by atoms with E-state index >= 15 is 0 Å². The minimum Gasteiger partial charge on any atom is -0.481 e. The molecule has 0 radical (unpaired) electrons. The number of hydrogen-bond acceptors (Lipinski definition) is 3. The molecule has 4 heteroatoms. The molecule has 0 fully saturated rings. The monoisotopic (exact) mass is 275 g/mol. The number of rotatable bonds is 11. The molecule has 0 bridgehead atoms. The second-order valence-corrected chi connectivity index (χ2v) is 5.21. The van der Waals surface area contributed by atoms with Gasteiger partial charge in [0.1, 0.15) is 0 Å². The Bertz CT molecular complexity index is 178. The second kappa shape index (κ2) is 17.4. The summed E-state index contributed by atoms with van der Waals surface area (Å²) in [4.78, 5) is 10.1. The highest BCUT2D eigenvalue weighted by Crippen LogP contribution is 2.08. The standard InChI is InChI=1S/C9H18O2.C6H15NO/c1-8(2)6-4-3-5-7-9(10)11;1-2-3-4-7-5-6-8/h8H,3-7H2,1-2H3,(H,10,11);7-8H,2-6H2,1H3. The van der Waals surface area contributed by atoms with Crippen LogP contribution in [-0.2, 0) is 4.79 Å². The van der Waals surface area contributed by atoms with Crippen molar-refractivity contribution in [1.29, 1.82) is 0 Å². The van der Waals surface area contributed by atoms with Gasteiger partial charge in [-0.25, -0.2) is 0 Å². The molecule has 4 nitrogen and oxygen atoms in total. The zero-order valence-electron chi connectivity index (χ0n) is 13.0. The fourth-order valence-corrected chi connectivity index (χ4v) is 1.51. The van der Waals surface area contributed by atoms with Crippen LogP contribution in [0.1, 0.15) is 65.7 Å². The first-order chi connectivity index (χ1) is 9.04. The van der Waals surface area contributed by atoms with Crippen molar-refractivity contribution in [3.05, 3.63) is 0 Å². The summed E-state index contributed by atoms with van der Waals surface area (Å²) in [5.74, 6) is 0.0781. The molecule has 0 heterocycles. The highest BCUT2D eigenvalue weighted by molar-refractivity contribution is 5.66. The number of aliphatic hydroxyl groups excluding tert-OH is 1. The summed E-state index contributed by atoms with van der Waals surface area (Å²) in [5.41, 5.74) is 0. The van der Waals surface area contributed by atoms with Gasteiger partial charge in [-0.3, -0.25) is 4.79 Å². The highest BCUT2D eigenvalue weighted by atomic mass is 16.4. The third kappa shape index (κ3) is 26.8. The first kappa shape index (κ1) is 20.7. The zero-order valence-corrected chi connectivity index (χ0v) is 13.0. The third-order valence-electron chi connectivity index (χ3n) is 2.67. The van der Waals surface area contributed by atoms with Crippen molar-refractivity contribution >= 4 is 5.97 Å². The van der Waals surface area contributed by atoms with Crippen LogP contribution in [0.2, 0.25) is 0 Å². The van der Waals surface area contributed by atoms with Gasteiger partial charge in [-0.2, -0.15) is 0 Å². The lowest BCUT2D eigenvalue weighted by Gasteiger charge is -2.02. The Balaban J connectivity index is 0. The van der Waals surface area contributed by atoms with Crippen LogP contribution in [0.5, 0.6) is 0 Å². The summed E-state index contributed by atoms with van der Waals surface area (Å²) in [6.07, 6.45) is 7.05. The molecule has 19 heavy (non-hydrogen) atoms. The van der Waals surface area contributed by atoms with Crippen LogP contribution in [0.25, 0.3) is 0 Å². The summed E-state index contributed by atoms with van der Waals surface area (Å²) >= 11 is 0. The number of unbranched alkanes of at least 4 members (excludes halogenated alkanes) is 3. The predicted octanol–water partition coefficient (Wildman–Crippen LogP) is 3.05. The van der Waals surface area contributed by atoms with Crippen molar-refractivity contribution < 1.29 is 15.0 Å². The molecule has 0 saturated carbocycles. The molecule has 0 amide bonds. The molecule has 0 rings (SSSR count). The number of aliphatic carboxylic acids is 1. The topological polar surface area (TPSA) is 69.6 Å². The molecule has 3 N–H and O–H groups in total. The van der Waals surface area contributed by atoms with Crippen molar-refractivity contribution in [1.82, 2.24) is 5.32 Å². The molecular weight excluding hydrogens is 242 g/mol. The average Bonchev–Trinajstić information content (AvgIpc) is 2.34. The van der Waals surface area contributed by atoms with Crippen LogP contribution in [0, 0.1) is 5.92 Å². The predicted molar refractivity (Wildman–Crippen MR) is 80.4 cm³/mol. The molecule has 0 aromatic rings. The molecule has 0 aliphatic carbocycles. The normalized spacial score (nSPS) is 10.2. The highest BCUT2D eigenvalue weighted by Gasteiger charge is 1.97. The van der Waals surface area contributed by atoms with Crippen molar-refractivity contribution in [2.24, 2.45) is 5.92 Å². The third-order valence-corrected chi connectivity index (χ3v) is 2.67. The number of nitrogens with one attached hydrogen (secondary N) is 1. The Hall–Kier alpha value is -0.610. The van der Waals surface area contributed by atoms with Gasteiger partial charge in [0.15, 0.2) is 0 Å². The van der Waals surface area contributed by atoms with Gasteiger partial charge in [-0.15, -0.1) is 0 Å². The average molecular weight is 275 g/mol. The summed E-state index contributed by atoms with van der Waals surface area (Å²) in [5, 5.41) is 19.7. The Morgan fingerprint density at radius 2 is 1.79 bits per heavy atom. The van der Waals surface area contributed by atoms with E-state index in [1.165, 1.54) is 25.7 Å².